The molecule has 1 amide bonds. The standard InChI is InChI=1S/C12H23NO4/c1-13(8-10(14)9-16-2)11(15)7-12(17-3)5-4-6-12/h10,14H,4-9H2,1-3H3. The maximum atomic E-state index is 11.9. The summed E-state index contributed by atoms with van der Waals surface area (Å²) in [6, 6.07) is 0. The minimum absolute atomic E-state index is 0.0155. The summed E-state index contributed by atoms with van der Waals surface area (Å²) in [5.74, 6) is 0.0155. The second-order valence-electron chi connectivity index (χ2n) is 4.80. The summed E-state index contributed by atoms with van der Waals surface area (Å²) in [5.41, 5.74) is -0.252. The second-order valence-corrected chi connectivity index (χ2v) is 4.80. The van der Waals surface area contributed by atoms with Crippen molar-refractivity contribution in [1.82, 2.24) is 4.90 Å². The van der Waals surface area contributed by atoms with Crippen molar-refractivity contribution >= 4 is 5.91 Å². The molecule has 0 aromatic heterocycles. The van der Waals surface area contributed by atoms with Crippen molar-refractivity contribution in [3.63, 3.8) is 0 Å². The molecule has 0 radical (unpaired) electrons. The van der Waals surface area contributed by atoms with E-state index in [4.69, 9.17) is 9.47 Å². The van der Waals surface area contributed by atoms with Crippen LogP contribution in [-0.4, -0.2) is 62.0 Å². The number of carbonyl (C=O) groups is 1. The molecule has 5 nitrogen and oxygen atoms in total. The van der Waals surface area contributed by atoms with E-state index in [1.165, 1.54) is 7.11 Å². The SMILES string of the molecule is COCC(O)CN(C)C(=O)CC1(OC)CCC1. The van der Waals surface area contributed by atoms with Gasteiger partial charge in [0.1, 0.15) is 0 Å². The third-order valence-electron chi connectivity index (χ3n) is 3.44. The molecule has 17 heavy (non-hydrogen) atoms. The van der Waals surface area contributed by atoms with Crippen molar-refractivity contribution in [2.75, 3.05) is 34.4 Å². The lowest BCUT2D eigenvalue weighted by Gasteiger charge is -2.40. The molecule has 100 valence electrons. The first-order valence-corrected chi connectivity index (χ1v) is 5.99. The van der Waals surface area contributed by atoms with E-state index in [0.29, 0.717) is 13.0 Å². The Labute approximate surface area is 103 Å². The zero-order valence-electron chi connectivity index (χ0n) is 10.9. The molecule has 1 rings (SSSR count). The van der Waals surface area contributed by atoms with Crippen LogP contribution < -0.4 is 0 Å². The number of methoxy groups -OCH3 is 2. The van der Waals surface area contributed by atoms with Gasteiger partial charge in [-0.15, -0.1) is 0 Å². The van der Waals surface area contributed by atoms with E-state index in [-0.39, 0.29) is 18.1 Å². The first kappa shape index (κ1) is 14.4. The minimum Gasteiger partial charge on any atom is -0.389 e. The number of amides is 1. The van der Waals surface area contributed by atoms with Crippen molar-refractivity contribution in [3.05, 3.63) is 0 Å². The summed E-state index contributed by atoms with van der Waals surface area (Å²) in [4.78, 5) is 13.5. The molecule has 1 fully saturated rings. The molecular formula is C12H23NO4. The van der Waals surface area contributed by atoms with Crippen LogP contribution >= 0.6 is 0 Å². The minimum atomic E-state index is -0.631. The van der Waals surface area contributed by atoms with Crippen LogP contribution in [0.15, 0.2) is 0 Å². The number of ether oxygens (including phenoxy) is 2. The number of aliphatic hydroxyl groups excluding tert-OH is 1. The Bertz CT molecular complexity index is 247. The van der Waals surface area contributed by atoms with E-state index in [2.05, 4.69) is 0 Å². The van der Waals surface area contributed by atoms with Gasteiger partial charge in [-0.1, -0.05) is 0 Å². The predicted octanol–water partition coefficient (Wildman–Crippen LogP) is 0.411. The molecule has 0 bridgehead atoms. The van der Waals surface area contributed by atoms with Gasteiger partial charge in [0.05, 0.1) is 24.7 Å². The Kier molecular flexibility index (Phi) is 5.36. The highest BCUT2D eigenvalue weighted by Crippen LogP contribution is 2.38. The van der Waals surface area contributed by atoms with Gasteiger partial charge < -0.3 is 19.5 Å². The number of aliphatic hydroxyl groups is 1. The maximum Gasteiger partial charge on any atom is 0.225 e. The number of rotatable bonds is 7. The molecule has 1 unspecified atom stereocenters. The second kappa shape index (κ2) is 6.33. The topological polar surface area (TPSA) is 59.0 Å². The quantitative estimate of drug-likeness (QED) is 0.706. The van der Waals surface area contributed by atoms with Crippen molar-refractivity contribution in [1.29, 1.82) is 0 Å². The number of hydrogen-bond acceptors (Lipinski definition) is 4. The van der Waals surface area contributed by atoms with Crippen LogP contribution in [0.5, 0.6) is 0 Å². The van der Waals surface area contributed by atoms with Crippen LogP contribution in [0, 0.1) is 0 Å². The molecule has 1 aliphatic carbocycles. The monoisotopic (exact) mass is 245 g/mol. The molecular weight excluding hydrogens is 222 g/mol. The summed E-state index contributed by atoms with van der Waals surface area (Å²) in [7, 11) is 4.88. The first-order valence-electron chi connectivity index (χ1n) is 5.99. The molecule has 0 spiro atoms. The average Bonchev–Trinajstić information content (AvgIpc) is 2.23. The number of carbonyl (C=O) groups excluding carboxylic acids is 1. The number of nitrogens with zero attached hydrogens (tertiary/aromatic N) is 1. The first-order chi connectivity index (χ1) is 8.03. The number of likely N-dealkylation sites (N-methyl/N-ethyl adjacent to an activating group) is 1. The van der Waals surface area contributed by atoms with Gasteiger partial charge >= 0.3 is 0 Å². The fourth-order valence-electron chi connectivity index (χ4n) is 2.10. The number of hydrogen-bond donors (Lipinski definition) is 1. The highest BCUT2D eigenvalue weighted by atomic mass is 16.5. The van der Waals surface area contributed by atoms with Gasteiger partial charge in [-0.2, -0.15) is 0 Å². The summed E-state index contributed by atoms with van der Waals surface area (Å²) < 4.78 is 10.2. The lowest BCUT2D eigenvalue weighted by molar-refractivity contribution is -0.144. The van der Waals surface area contributed by atoms with E-state index in [9.17, 15) is 9.90 Å². The zero-order chi connectivity index (χ0) is 12.9. The van der Waals surface area contributed by atoms with Crippen LogP contribution in [0.1, 0.15) is 25.7 Å². The summed E-state index contributed by atoms with van der Waals surface area (Å²) in [5, 5.41) is 9.55. The van der Waals surface area contributed by atoms with Crippen molar-refractivity contribution in [2.24, 2.45) is 0 Å². The smallest absolute Gasteiger partial charge is 0.225 e. The fourth-order valence-corrected chi connectivity index (χ4v) is 2.10. The molecule has 0 heterocycles. The normalized spacial score (nSPS) is 19.5. The van der Waals surface area contributed by atoms with E-state index in [1.54, 1.807) is 19.1 Å². The third-order valence-corrected chi connectivity index (χ3v) is 3.44. The lowest BCUT2D eigenvalue weighted by Crippen LogP contribution is -2.45. The predicted molar refractivity (Wildman–Crippen MR) is 63.7 cm³/mol. The Morgan fingerprint density at radius 2 is 2.12 bits per heavy atom. The van der Waals surface area contributed by atoms with Gasteiger partial charge in [0.15, 0.2) is 0 Å². The van der Waals surface area contributed by atoms with Crippen LogP contribution in [0.3, 0.4) is 0 Å². The van der Waals surface area contributed by atoms with Gasteiger partial charge in [-0.05, 0) is 19.3 Å². The highest BCUT2D eigenvalue weighted by Gasteiger charge is 2.39. The Hall–Kier alpha value is -0.650. The molecule has 0 aromatic rings. The highest BCUT2D eigenvalue weighted by molar-refractivity contribution is 5.77. The molecule has 0 saturated heterocycles. The van der Waals surface area contributed by atoms with Crippen LogP contribution in [0.2, 0.25) is 0 Å². The molecule has 1 atom stereocenters. The van der Waals surface area contributed by atoms with Crippen molar-refractivity contribution in [2.45, 2.75) is 37.4 Å². The molecule has 0 aromatic carbocycles. The Morgan fingerprint density at radius 3 is 2.53 bits per heavy atom. The van der Waals surface area contributed by atoms with E-state index < -0.39 is 6.10 Å². The Morgan fingerprint density at radius 1 is 1.47 bits per heavy atom. The van der Waals surface area contributed by atoms with Gasteiger partial charge in [-0.25, -0.2) is 0 Å². The summed E-state index contributed by atoms with van der Waals surface area (Å²) in [6.45, 7) is 0.541. The third kappa shape index (κ3) is 3.94. The molecule has 5 heteroatoms. The largest absolute Gasteiger partial charge is 0.389 e. The maximum absolute atomic E-state index is 11.9. The van der Waals surface area contributed by atoms with Crippen molar-refractivity contribution in [3.8, 4) is 0 Å². The Balaban J connectivity index is 2.36. The van der Waals surface area contributed by atoms with Gasteiger partial charge in [0.2, 0.25) is 5.91 Å². The molecule has 1 aliphatic rings. The van der Waals surface area contributed by atoms with Crippen LogP contribution in [0.25, 0.3) is 0 Å². The van der Waals surface area contributed by atoms with Gasteiger partial charge in [-0.3, -0.25) is 4.79 Å². The molecule has 0 aliphatic heterocycles. The van der Waals surface area contributed by atoms with Crippen LogP contribution in [0.4, 0.5) is 0 Å². The van der Waals surface area contributed by atoms with E-state index >= 15 is 0 Å². The van der Waals surface area contributed by atoms with Crippen LogP contribution in [-0.2, 0) is 14.3 Å². The van der Waals surface area contributed by atoms with E-state index in [0.717, 1.165) is 19.3 Å². The summed E-state index contributed by atoms with van der Waals surface area (Å²) in [6.07, 6.45) is 2.79. The lowest BCUT2D eigenvalue weighted by atomic mass is 9.77. The fraction of sp³-hybridized carbons (Fsp3) is 0.917. The zero-order valence-corrected chi connectivity index (χ0v) is 10.9. The molecule has 1 saturated carbocycles. The van der Waals surface area contributed by atoms with Gasteiger partial charge in [0, 0.05) is 27.8 Å². The van der Waals surface area contributed by atoms with Crippen molar-refractivity contribution < 1.29 is 19.4 Å². The summed E-state index contributed by atoms with van der Waals surface area (Å²) >= 11 is 0. The molecule has 1 N–H and O–H groups in total. The van der Waals surface area contributed by atoms with Gasteiger partial charge in [0.25, 0.3) is 0 Å². The average molecular weight is 245 g/mol. The van der Waals surface area contributed by atoms with E-state index in [1.807, 2.05) is 0 Å².